The molecule has 3 aromatic rings. The number of nitrogens with one attached hydrogen (secondary N) is 2. The summed E-state index contributed by atoms with van der Waals surface area (Å²) in [5, 5.41) is 15.1. The van der Waals surface area contributed by atoms with Gasteiger partial charge in [0.2, 0.25) is 0 Å². The fourth-order valence-corrected chi connectivity index (χ4v) is 3.48. The Morgan fingerprint density at radius 3 is 2.43 bits per heavy atom. The lowest BCUT2D eigenvalue weighted by Crippen LogP contribution is -2.36. The van der Waals surface area contributed by atoms with Crippen LogP contribution in [-0.4, -0.2) is 41.7 Å². The smallest absolute Gasteiger partial charge is 0.175 e. The van der Waals surface area contributed by atoms with Crippen molar-refractivity contribution >= 4 is 45.4 Å². The lowest BCUT2D eigenvalue weighted by Gasteiger charge is -2.28. The number of nitrogens with zero attached hydrogens (tertiary/aromatic N) is 3. The van der Waals surface area contributed by atoms with E-state index in [-0.39, 0.29) is 0 Å². The molecule has 0 bridgehead atoms. The van der Waals surface area contributed by atoms with Crippen molar-refractivity contribution in [1.82, 2.24) is 10.3 Å². The second-order valence-corrected chi connectivity index (χ2v) is 7.46. The van der Waals surface area contributed by atoms with Gasteiger partial charge in [-0.2, -0.15) is 0 Å². The van der Waals surface area contributed by atoms with Gasteiger partial charge in [0.25, 0.3) is 0 Å². The molecule has 0 spiro atoms. The summed E-state index contributed by atoms with van der Waals surface area (Å²) in [5.74, 6) is 0.497. The molecule has 1 saturated heterocycles. The molecule has 1 aromatic heterocycles. The first kappa shape index (κ1) is 18.6. The number of anilines is 3. The fraction of sp³-hybridized carbons (Fsp3) is 0.350. The van der Waals surface area contributed by atoms with Crippen molar-refractivity contribution in [2.24, 2.45) is 0 Å². The molecule has 8 heteroatoms. The minimum atomic E-state index is 0.487. The first-order valence-corrected chi connectivity index (χ1v) is 9.78. The highest BCUT2D eigenvalue weighted by molar-refractivity contribution is 7.80. The molecule has 1 aliphatic rings. The summed E-state index contributed by atoms with van der Waals surface area (Å²) in [4.78, 5) is 2.23. The van der Waals surface area contributed by atoms with Gasteiger partial charge in [0.15, 0.2) is 16.1 Å². The molecule has 1 fully saturated rings. The molecule has 7 nitrogen and oxygen atoms in total. The molecule has 2 N–H and O–H groups in total. The summed E-state index contributed by atoms with van der Waals surface area (Å²) in [6.07, 6.45) is 0. The van der Waals surface area contributed by atoms with Crippen LogP contribution in [0, 0.1) is 0 Å². The molecule has 0 radical (unpaired) electrons. The zero-order chi connectivity index (χ0) is 19.5. The van der Waals surface area contributed by atoms with E-state index in [0.717, 1.165) is 35.7 Å². The summed E-state index contributed by atoms with van der Waals surface area (Å²) in [5.41, 5.74) is 5.34. The van der Waals surface area contributed by atoms with Gasteiger partial charge in [0.1, 0.15) is 0 Å². The summed E-state index contributed by atoms with van der Waals surface area (Å²) >= 11 is 5.47. The predicted octanol–water partition coefficient (Wildman–Crippen LogP) is 3.99. The molecule has 0 saturated carbocycles. The van der Waals surface area contributed by atoms with Crippen molar-refractivity contribution < 1.29 is 9.37 Å². The van der Waals surface area contributed by atoms with Crippen LogP contribution >= 0.6 is 12.2 Å². The number of aromatic nitrogens is 2. The second-order valence-electron chi connectivity index (χ2n) is 7.05. The minimum Gasteiger partial charge on any atom is -0.378 e. The van der Waals surface area contributed by atoms with Crippen molar-refractivity contribution in [3.63, 3.8) is 0 Å². The first-order valence-electron chi connectivity index (χ1n) is 9.38. The van der Waals surface area contributed by atoms with E-state index in [0.29, 0.717) is 29.8 Å². The Bertz CT molecular complexity index is 964. The predicted molar refractivity (Wildman–Crippen MR) is 115 cm³/mol. The largest absolute Gasteiger partial charge is 0.378 e. The van der Waals surface area contributed by atoms with Crippen LogP contribution in [0.15, 0.2) is 41.0 Å². The third-order valence-corrected chi connectivity index (χ3v) is 5.03. The first-order chi connectivity index (χ1) is 13.6. The zero-order valence-corrected chi connectivity index (χ0v) is 16.8. The Labute approximate surface area is 169 Å². The quantitative estimate of drug-likeness (QED) is 0.640. The molecule has 2 aromatic carbocycles. The van der Waals surface area contributed by atoms with E-state index in [2.05, 4.69) is 51.8 Å². The second kappa shape index (κ2) is 8.12. The van der Waals surface area contributed by atoms with Crippen molar-refractivity contribution in [2.75, 3.05) is 41.8 Å². The lowest BCUT2D eigenvalue weighted by atomic mass is 10.0. The van der Waals surface area contributed by atoms with Crippen LogP contribution in [-0.2, 0) is 4.74 Å². The van der Waals surface area contributed by atoms with Crippen LogP contribution < -0.4 is 15.5 Å². The summed E-state index contributed by atoms with van der Waals surface area (Å²) < 4.78 is 10.4. The van der Waals surface area contributed by atoms with Crippen LogP contribution in [0.1, 0.15) is 25.3 Å². The van der Waals surface area contributed by atoms with Gasteiger partial charge in [-0.15, -0.1) is 0 Å². The number of ether oxygens (including phenoxy) is 1. The van der Waals surface area contributed by atoms with Crippen molar-refractivity contribution in [1.29, 1.82) is 0 Å². The van der Waals surface area contributed by atoms with Crippen LogP contribution in [0.25, 0.3) is 11.0 Å². The Morgan fingerprint density at radius 1 is 1.00 bits per heavy atom. The molecule has 28 heavy (non-hydrogen) atoms. The van der Waals surface area contributed by atoms with E-state index in [9.17, 15) is 0 Å². The van der Waals surface area contributed by atoms with E-state index in [4.69, 9.17) is 21.6 Å². The van der Waals surface area contributed by atoms with Gasteiger partial charge >= 0.3 is 0 Å². The average molecular weight is 398 g/mol. The van der Waals surface area contributed by atoms with Gasteiger partial charge in [-0.05, 0) is 58.3 Å². The maximum Gasteiger partial charge on any atom is 0.175 e. The fourth-order valence-electron chi connectivity index (χ4n) is 3.25. The van der Waals surface area contributed by atoms with Gasteiger partial charge < -0.3 is 20.3 Å². The Hall–Kier alpha value is -2.71. The highest BCUT2D eigenvalue weighted by Crippen LogP contribution is 2.30. The Kier molecular flexibility index (Phi) is 5.40. The zero-order valence-electron chi connectivity index (χ0n) is 15.9. The maximum atomic E-state index is 5.47. The number of fused-ring (bicyclic) bond motifs is 1. The van der Waals surface area contributed by atoms with E-state index >= 15 is 0 Å². The highest BCUT2D eigenvalue weighted by Gasteiger charge is 2.19. The Morgan fingerprint density at radius 2 is 1.71 bits per heavy atom. The van der Waals surface area contributed by atoms with E-state index in [1.165, 1.54) is 5.56 Å². The third-order valence-electron chi connectivity index (χ3n) is 4.83. The molecular formula is C20H23N5O2S. The normalized spacial score (nSPS) is 14.5. The van der Waals surface area contributed by atoms with Crippen LogP contribution in [0.4, 0.5) is 17.1 Å². The molecule has 2 heterocycles. The molecular weight excluding hydrogens is 374 g/mol. The average Bonchev–Trinajstić information content (AvgIpc) is 3.19. The minimum absolute atomic E-state index is 0.487. The van der Waals surface area contributed by atoms with Crippen LogP contribution in [0.2, 0.25) is 0 Å². The van der Waals surface area contributed by atoms with E-state index in [1.807, 2.05) is 24.3 Å². The van der Waals surface area contributed by atoms with E-state index < -0.39 is 0 Å². The standard InChI is InChI=1S/C20H23N5O2S/c1-13(2)14-3-5-15(6-4-14)21-20(28)22-16-7-8-17(19-18(16)23-27-24-19)25-9-11-26-12-10-25/h3-8,13H,9-12H2,1-2H3,(H2,21,22,28). The van der Waals surface area contributed by atoms with Gasteiger partial charge in [0, 0.05) is 18.8 Å². The number of benzene rings is 2. The Balaban J connectivity index is 1.50. The molecule has 0 atom stereocenters. The lowest BCUT2D eigenvalue weighted by molar-refractivity contribution is 0.123. The van der Waals surface area contributed by atoms with Gasteiger partial charge in [-0.3, -0.25) is 0 Å². The summed E-state index contributed by atoms with van der Waals surface area (Å²) in [7, 11) is 0. The SMILES string of the molecule is CC(C)c1ccc(NC(=S)Nc2ccc(N3CCOCC3)c3nonc23)cc1. The van der Waals surface area contributed by atoms with Crippen LogP contribution in [0.5, 0.6) is 0 Å². The topological polar surface area (TPSA) is 75.5 Å². The number of thiocarbonyl (C=S) groups is 1. The number of hydrogen-bond donors (Lipinski definition) is 2. The molecule has 146 valence electrons. The maximum absolute atomic E-state index is 5.47. The molecule has 0 aliphatic carbocycles. The van der Waals surface area contributed by atoms with Gasteiger partial charge in [-0.1, -0.05) is 26.0 Å². The van der Waals surface area contributed by atoms with Gasteiger partial charge in [-0.25, -0.2) is 4.63 Å². The molecule has 4 rings (SSSR count). The molecule has 0 amide bonds. The summed E-state index contributed by atoms with van der Waals surface area (Å²) in [6, 6.07) is 12.2. The van der Waals surface area contributed by atoms with E-state index in [1.54, 1.807) is 0 Å². The monoisotopic (exact) mass is 397 g/mol. The summed E-state index contributed by atoms with van der Waals surface area (Å²) in [6.45, 7) is 7.40. The highest BCUT2D eigenvalue weighted by atomic mass is 32.1. The van der Waals surface area contributed by atoms with Crippen molar-refractivity contribution in [3.05, 3.63) is 42.0 Å². The molecule has 0 unspecified atom stereocenters. The van der Waals surface area contributed by atoms with Gasteiger partial charge in [0.05, 0.1) is 24.6 Å². The number of hydrogen-bond acceptors (Lipinski definition) is 6. The number of morpholine rings is 1. The van der Waals surface area contributed by atoms with Crippen LogP contribution in [0.3, 0.4) is 0 Å². The van der Waals surface area contributed by atoms with Crippen molar-refractivity contribution in [2.45, 2.75) is 19.8 Å². The molecule has 1 aliphatic heterocycles. The third kappa shape index (κ3) is 3.93. The number of rotatable bonds is 4. The van der Waals surface area contributed by atoms with Crippen molar-refractivity contribution in [3.8, 4) is 0 Å².